The molecule has 11 rings (SSSR count). The SMILES string of the molecule is C=Cc1ccc(CC2(Cc3ccc(C=C)cc3)c3ccccc3-c3ccc(Cc4cc(C)c(Cc5ccc6c(c5)C(Cc5ccc(C=C)cc5)(Cc5ccc(C=C)cc5)c5ccccc5-6)cc4C)cc32)cc1. The molecule has 0 N–H and O–H groups in total. The first-order chi connectivity index (χ1) is 35.2. The molecule has 0 fully saturated rings. The standard InChI is InChI=1S/C72H62/c1-7-51-19-27-55(28-20-51)45-71(46-56-29-21-52(8-2)22-30-56)67-17-13-11-15-63(67)65-37-35-59(43-69(65)71)41-61-39-50(6)62(40-49(61)5)42-60-36-38-66-64-16-12-14-18-68(64)72(70(66)44-60,47-57-31-23-53(9-3)24-32-57)48-58-33-25-54(10-4)26-34-58/h7-40,43-44H,1-4,41-42,45-48H2,5-6H3. The van der Waals surface area contributed by atoms with Crippen molar-refractivity contribution in [3.63, 3.8) is 0 Å². The van der Waals surface area contributed by atoms with Crippen LogP contribution in [0.2, 0.25) is 0 Å². The summed E-state index contributed by atoms with van der Waals surface area (Å²) < 4.78 is 0. The van der Waals surface area contributed by atoms with E-state index < -0.39 is 0 Å². The Balaban J connectivity index is 0.935. The molecule has 0 heteroatoms. The van der Waals surface area contributed by atoms with E-state index in [1.165, 1.54) is 100 Å². The Morgan fingerprint density at radius 3 is 0.889 bits per heavy atom. The Bertz CT molecular complexity index is 3180. The van der Waals surface area contributed by atoms with Crippen LogP contribution >= 0.6 is 0 Å². The molecule has 0 bridgehead atoms. The maximum atomic E-state index is 4.03. The fraction of sp³-hybridized carbons (Fsp3) is 0.139. The van der Waals surface area contributed by atoms with Crippen LogP contribution in [0.5, 0.6) is 0 Å². The van der Waals surface area contributed by atoms with Gasteiger partial charge < -0.3 is 0 Å². The van der Waals surface area contributed by atoms with E-state index in [2.05, 4.69) is 234 Å². The van der Waals surface area contributed by atoms with Gasteiger partial charge in [-0.15, -0.1) is 0 Å². The molecule has 0 aromatic heterocycles. The van der Waals surface area contributed by atoms with Crippen molar-refractivity contribution < 1.29 is 0 Å². The molecule has 0 heterocycles. The minimum Gasteiger partial charge on any atom is -0.0985 e. The van der Waals surface area contributed by atoms with Crippen LogP contribution in [0.1, 0.15) is 100 Å². The van der Waals surface area contributed by atoms with Gasteiger partial charge in [-0.05, 0) is 175 Å². The van der Waals surface area contributed by atoms with Gasteiger partial charge >= 0.3 is 0 Å². The predicted octanol–water partition coefficient (Wildman–Crippen LogP) is 17.6. The van der Waals surface area contributed by atoms with Gasteiger partial charge in [-0.25, -0.2) is 0 Å². The van der Waals surface area contributed by atoms with Gasteiger partial charge in [-0.1, -0.05) is 245 Å². The first-order valence-electron chi connectivity index (χ1n) is 25.6. The predicted molar refractivity (Wildman–Crippen MR) is 308 cm³/mol. The molecule has 0 nitrogen and oxygen atoms in total. The van der Waals surface area contributed by atoms with E-state index in [0.29, 0.717) is 0 Å². The monoisotopic (exact) mass is 926 g/mol. The highest BCUT2D eigenvalue weighted by Gasteiger charge is 2.45. The zero-order chi connectivity index (χ0) is 49.4. The molecule has 0 saturated heterocycles. The molecular formula is C72H62. The summed E-state index contributed by atoms with van der Waals surface area (Å²) in [7, 11) is 0. The summed E-state index contributed by atoms with van der Waals surface area (Å²) in [4.78, 5) is 0. The Morgan fingerprint density at radius 1 is 0.306 bits per heavy atom. The number of hydrogen-bond acceptors (Lipinski definition) is 0. The third-order valence-electron chi connectivity index (χ3n) is 16.1. The molecule has 72 heavy (non-hydrogen) atoms. The van der Waals surface area contributed by atoms with Crippen LogP contribution in [0, 0.1) is 13.8 Å². The Hall–Kier alpha value is -8.06. The summed E-state index contributed by atoms with van der Waals surface area (Å²) in [5.74, 6) is 0. The van der Waals surface area contributed by atoms with Crippen LogP contribution in [-0.2, 0) is 49.4 Å². The van der Waals surface area contributed by atoms with Crippen LogP contribution in [0.3, 0.4) is 0 Å². The van der Waals surface area contributed by atoms with Gasteiger partial charge in [0.2, 0.25) is 0 Å². The fourth-order valence-corrected chi connectivity index (χ4v) is 12.3. The molecular weight excluding hydrogens is 865 g/mol. The van der Waals surface area contributed by atoms with E-state index in [4.69, 9.17) is 0 Å². The average Bonchev–Trinajstić information content (AvgIpc) is 3.83. The van der Waals surface area contributed by atoms with Crippen molar-refractivity contribution in [2.45, 2.75) is 63.2 Å². The molecule has 0 unspecified atom stereocenters. The van der Waals surface area contributed by atoms with Crippen molar-refractivity contribution in [2.75, 3.05) is 0 Å². The molecule has 0 aliphatic heterocycles. The second-order valence-electron chi connectivity index (χ2n) is 20.6. The molecule has 0 atom stereocenters. The summed E-state index contributed by atoms with van der Waals surface area (Å²) in [6.45, 7) is 20.7. The highest BCUT2D eigenvalue weighted by molar-refractivity contribution is 5.83. The first-order valence-corrected chi connectivity index (χ1v) is 25.6. The van der Waals surface area contributed by atoms with Gasteiger partial charge in [-0.3, -0.25) is 0 Å². The quantitative estimate of drug-likeness (QED) is 0.0906. The summed E-state index contributed by atoms with van der Waals surface area (Å²) in [6.07, 6.45) is 13.1. The minimum absolute atomic E-state index is 0.247. The molecule has 0 radical (unpaired) electrons. The lowest BCUT2D eigenvalue weighted by molar-refractivity contribution is 0.519. The average molecular weight is 927 g/mol. The van der Waals surface area contributed by atoms with E-state index in [-0.39, 0.29) is 10.8 Å². The van der Waals surface area contributed by atoms with Crippen molar-refractivity contribution in [3.05, 3.63) is 321 Å². The summed E-state index contributed by atoms with van der Waals surface area (Å²) >= 11 is 0. The van der Waals surface area contributed by atoms with Gasteiger partial charge in [-0.2, -0.15) is 0 Å². The van der Waals surface area contributed by atoms with Crippen molar-refractivity contribution in [2.24, 2.45) is 0 Å². The number of aryl methyl sites for hydroxylation is 2. The van der Waals surface area contributed by atoms with Crippen molar-refractivity contribution in [3.8, 4) is 22.3 Å². The lowest BCUT2D eigenvalue weighted by Gasteiger charge is -2.33. The van der Waals surface area contributed by atoms with E-state index in [1.807, 2.05) is 24.3 Å². The van der Waals surface area contributed by atoms with Crippen LogP contribution in [-0.4, -0.2) is 0 Å². The number of rotatable bonds is 16. The van der Waals surface area contributed by atoms with E-state index >= 15 is 0 Å². The van der Waals surface area contributed by atoms with Crippen molar-refractivity contribution in [1.82, 2.24) is 0 Å². The first kappa shape index (κ1) is 46.3. The van der Waals surface area contributed by atoms with E-state index in [1.54, 1.807) is 0 Å². The summed E-state index contributed by atoms with van der Waals surface area (Å²) in [5, 5.41) is 0. The normalized spacial score (nSPS) is 13.4. The number of benzene rings is 9. The summed E-state index contributed by atoms with van der Waals surface area (Å²) in [6, 6.07) is 73.8. The van der Waals surface area contributed by atoms with Crippen LogP contribution in [0.4, 0.5) is 0 Å². The smallest absolute Gasteiger partial charge is 0.0295 e. The molecule has 0 saturated carbocycles. The highest BCUT2D eigenvalue weighted by atomic mass is 14.5. The zero-order valence-corrected chi connectivity index (χ0v) is 41.9. The van der Waals surface area contributed by atoms with Crippen LogP contribution in [0.25, 0.3) is 46.6 Å². The Morgan fingerprint density at radius 2 is 0.583 bits per heavy atom. The molecule has 2 aliphatic carbocycles. The van der Waals surface area contributed by atoms with Gasteiger partial charge in [0, 0.05) is 10.8 Å². The second kappa shape index (κ2) is 19.3. The van der Waals surface area contributed by atoms with Gasteiger partial charge in [0.1, 0.15) is 0 Å². The van der Waals surface area contributed by atoms with Crippen LogP contribution in [0.15, 0.2) is 220 Å². The van der Waals surface area contributed by atoms with Gasteiger partial charge in [0.25, 0.3) is 0 Å². The maximum absolute atomic E-state index is 4.03. The second-order valence-corrected chi connectivity index (χ2v) is 20.6. The molecule has 2 aliphatic rings. The molecule has 9 aromatic rings. The lowest BCUT2D eigenvalue weighted by atomic mass is 9.69. The third kappa shape index (κ3) is 8.56. The molecule has 350 valence electrons. The van der Waals surface area contributed by atoms with Crippen molar-refractivity contribution >= 4 is 24.3 Å². The maximum Gasteiger partial charge on any atom is 0.0295 e. The van der Waals surface area contributed by atoms with Gasteiger partial charge in [0.05, 0.1) is 0 Å². The van der Waals surface area contributed by atoms with Crippen molar-refractivity contribution in [1.29, 1.82) is 0 Å². The Kier molecular flexibility index (Phi) is 12.4. The minimum atomic E-state index is -0.247. The number of hydrogen-bond donors (Lipinski definition) is 0. The largest absolute Gasteiger partial charge is 0.0985 e. The molecule has 9 aromatic carbocycles. The molecule has 0 amide bonds. The lowest BCUT2D eigenvalue weighted by Crippen LogP contribution is -2.31. The highest BCUT2D eigenvalue weighted by Crippen LogP contribution is 2.54. The van der Waals surface area contributed by atoms with E-state index in [0.717, 1.165) is 60.8 Å². The topological polar surface area (TPSA) is 0 Å². The van der Waals surface area contributed by atoms with Gasteiger partial charge in [0.15, 0.2) is 0 Å². The zero-order valence-electron chi connectivity index (χ0n) is 41.9. The fourth-order valence-electron chi connectivity index (χ4n) is 12.3. The van der Waals surface area contributed by atoms with E-state index in [9.17, 15) is 0 Å². The van der Waals surface area contributed by atoms with Crippen LogP contribution < -0.4 is 0 Å². The molecule has 0 spiro atoms. The Labute approximate surface area is 428 Å². The summed E-state index contributed by atoms with van der Waals surface area (Å²) in [5.41, 5.74) is 28.6. The number of fused-ring (bicyclic) bond motifs is 6. The third-order valence-corrected chi connectivity index (χ3v) is 16.1.